The summed E-state index contributed by atoms with van der Waals surface area (Å²) in [5, 5.41) is 8.87. The van der Waals surface area contributed by atoms with Gasteiger partial charge < -0.3 is 9.47 Å². The lowest BCUT2D eigenvalue weighted by atomic mass is 10.1. The topological polar surface area (TPSA) is 76.4 Å². The van der Waals surface area contributed by atoms with E-state index in [0.717, 1.165) is 0 Å². The van der Waals surface area contributed by atoms with Crippen molar-refractivity contribution in [2.24, 2.45) is 17.3 Å². The molecule has 1 saturated carbocycles. The number of carbonyl (C=O) groups is 2. The van der Waals surface area contributed by atoms with Gasteiger partial charge in [-0.05, 0) is 6.92 Å². The highest BCUT2D eigenvalue weighted by Crippen LogP contribution is 2.63. The van der Waals surface area contributed by atoms with Crippen molar-refractivity contribution in [1.82, 2.24) is 0 Å². The van der Waals surface area contributed by atoms with Crippen molar-refractivity contribution in [3.8, 4) is 6.07 Å². The third-order valence-corrected chi connectivity index (χ3v) is 2.83. The van der Waals surface area contributed by atoms with Gasteiger partial charge in [0.1, 0.15) is 0 Å². The van der Waals surface area contributed by atoms with E-state index in [0.29, 0.717) is 0 Å². The Labute approximate surface area is 80.6 Å². The molecule has 0 aromatic carbocycles. The number of hydrogen-bond acceptors (Lipinski definition) is 5. The monoisotopic (exact) mass is 195 g/mol. The van der Waals surface area contributed by atoms with Gasteiger partial charge in [0.15, 0.2) is 5.41 Å². The average Bonchev–Trinajstić information content (AvgIpc) is 2.74. The summed E-state index contributed by atoms with van der Waals surface area (Å²) in [5.74, 6) is -1.94. The lowest BCUT2D eigenvalue weighted by Crippen LogP contribution is -2.21. The summed E-state index contributed by atoms with van der Waals surface area (Å²) < 4.78 is 9.48. The average molecular weight is 195 g/mol. The van der Waals surface area contributed by atoms with Crippen LogP contribution in [0.3, 0.4) is 0 Å². The van der Waals surface area contributed by atoms with Crippen LogP contribution in [0.4, 0.5) is 0 Å². The predicted molar refractivity (Wildman–Crippen MR) is 42.6 cm³/mol. The quantitative estimate of drug-likeness (QED) is 0.573. The molecule has 1 saturated heterocycles. The van der Waals surface area contributed by atoms with Gasteiger partial charge in [0.25, 0.3) is 0 Å². The summed E-state index contributed by atoms with van der Waals surface area (Å²) in [7, 11) is 0. The van der Waals surface area contributed by atoms with Crippen LogP contribution < -0.4 is 0 Å². The Bertz CT molecular complexity index is 345. The molecule has 2 rings (SSSR count). The highest BCUT2D eigenvalue weighted by molar-refractivity contribution is 5.96. The minimum absolute atomic E-state index is 0.163. The van der Waals surface area contributed by atoms with Crippen LogP contribution in [0.2, 0.25) is 0 Å². The number of carbonyl (C=O) groups excluding carboxylic acids is 2. The van der Waals surface area contributed by atoms with Crippen molar-refractivity contribution in [2.45, 2.75) is 6.92 Å². The molecule has 5 nitrogen and oxygen atoms in total. The zero-order valence-corrected chi connectivity index (χ0v) is 7.65. The van der Waals surface area contributed by atoms with Gasteiger partial charge in [-0.1, -0.05) is 0 Å². The van der Waals surface area contributed by atoms with Crippen LogP contribution >= 0.6 is 0 Å². The van der Waals surface area contributed by atoms with E-state index in [-0.39, 0.29) is 19.1 Å². The second-order valence-corrected chi connectivity index (χ2v) is 3.42. The second kappa shape index (κ2) is 2.71. The maximum absolute atomic E-state index is 11.3. The third kappa shape index (κ3) is 0.830. The molecule has 74 valence electrons. The molecular weight excluding hydrogens is 186 g/mol. The smallest absolute Gasteiger partial charge is 0.327 e. The van der Waals surface area contributed by atoms with Crippen molar-refractivity contribution in [2.75, 3.05) is 13.2 Å². The Hall–Kier alpha value is -1.57. The molecule has 3 atom stereocenters. The van der Waals surface area contributed by atoms with Gasteiger partial charge in [-0.3, -0.25) is 9.59 Å². The first kappa shape index (κ1) is 9.00. The Morgan fingerprint density at radius 2 is 2.57 bits per heavy atom. The number of nitriles is 1. The molecule has 14 heavy (non-hydrogen) atoms. The molecular formula is C9H9NO4. The van der Waals surface area contributed by atoms with E-state index in [9.17, 15) is 9.59 Å². The Kier molecular flexibility index (Phi) is 1.74. The van der Waals surface area contributed by atoms with Gasteiger partial charge >= 0.3 is 11.9 Å². The van der Waals surface area contributed by atoms with Crippen LogP contribution in [0.25, 0.3) is 0 Å². The lowest BCUT2D eigenvalue weighted by Gasteiger charge is -2.05. The Morgan fingerprint density at radius 1 is 1.86 bits per heavy atom. The van der Waals surface area contributed by atoms with Crippen LogP contribution in [0.1, 0.15) is 6.92 Å². The van der Waals surface area contributed by atoms with Crippen molar-refractivity contribution >= 4 is 11.9 Å². The van der Waals surface area contributed by atoms with Gasteiger partial charge in [0.2, 0.25) is 0 Å². The van der Waals surface area contributed by atoms with Crippen LogP contribution in [0, 0.1) is 28.6 Å². The molecule has 1 aliphatic heterocycles. The zero-order chi connectivity index (χ0) is 10.3. The van der Waals surface area contributed by atoms with E-state index in [1.54, 1.807) is 6.92 Å². The highest BCUT2D eigenvalue weighted by Gasteiger charge is 2.79. The second-order valence-electron chi connectivity index (χ2n) is 3.42. The van der Waals surface area contributed by atoms with Crippen LogP contribution in [0.5, 0.6) is 0 Å². The maximum atomic E-state index is 11.3. The number of esters is 2. The van der Waals surface area contributed by atoms with Crippen LogP contribution in [-0.2, 0) is 19.1 Å². The fourth-order valence-electron chi connectivity index (χ4n) is 2.03. The Balaban J connectivity index is 2.17. The van der Waals surface area contributed by atoms with Gasteiger partial charge in [-0.2, -0.15) is 5.26 Å². The molecule has 0 unspecified atom stereocenters. The third-order valence-electron chi connectivity index (χ3n) is 2.83. The maximum Gasteiger partial charge on any atom is 0.327 e. The van der Waals surface area contributed by atoms with Crippen molar-refractivity contribution in [3.05, 3.63) is 0 Å². The van der Waals surface area contributed by atoms with E-state index < -0.39 is 23.3 Å². The molecule has 5 heteroatoms. The van der Waals surface area contributed by atoms with E-state index >= 15 is 0 Å². The predicted octanol–water partition coefficient (Wildman–Crippen LogP) is -0.138. The number of ether oxygens (including phenoxy) is 2. The van der Waals surface area contributed by atoms with Gasteiger partial charge in [-0.25, -0.2) is 0 Å². The normalized spacial score (nSPS) is 38.1. The zero-order valence-electron chi connectivity index (χ0n) is 7.65. The van der Waals surface area contributed by atoms with Gasteiger partial charge in [0, 0.05) is 5.92 Å². The first-order chi connectivity index (χ1) is 6.68. The molecule has 0 spiro atoms. The number of hydrogen-bond donors (Lipinski definition) is 0. The number of rotatable bonds is 2. The number of fused-ring (bicyclic) bond motifs is 1. The fourth-order valence-corrected chi connectivity index (χ4v) is 2.03. The lowest BCUT2D eigenvalue weighted by molar-refractivity contribution is -0.153. The van der Waals surface area contributed by atoms with E-state index in [1.165, 1.54) is 0 Å². The summed E-state index contributed by atoms with van der Waals surface area (Å²) in [5.41, 5.74) is -1.23. The first-order valence-electron chi connectivity index (χ1n) is 4.43. The van der Waals surface area contributed by atoms with Crippen LogP contribution in [-0.4, -0.2) is 25.2 Å². The van der Waals surface area contributed by atoms with Gasteiger partial charge in [-0.15, -0.1) is 0 Å². The molecule has 0 radical (unpaired) electrons. The van der Waals surface area contributed by atoms with E-state index in [2.05, 4.69) is 0 Å². The molecule has 0 aromatic heterocycles. The summed E-state index contributed by atoms with van der Waals surface area (Å²) in [4.78, 5) is 22.6. The fraction of sp³-hybridized carbons (Fsp3) is 0.667. The largest absolute Gasteiger partial charge is 0.466 e. The van der Waals surface area contributed by atoms with Crippen LogP contribution in [0.15, 0.2) is 0 Å². The van der Waals surface area contributed by atoms with Gasteiger partial charge in [0.05, 0.1) is 25.2 Å². The molecule has 1 heterocycles. The first-order valence-corrected chi connectivity index (χ1v) is 4.43. The summed E-state index contributed by atoms with van der Waals surface area (Å²) >= 11 is 0. The Morgan fingerprint density at radius 3 is 3.07 bits per heavy atom. The molecule has 0 N–H and O–H groups in total. The van der Waals surface area contributed by atoms with E-state index in [4.69, 9.17) is 14.7 Å². The highest BCUT2D eigenvalue weighted by atomic mass is 16.6. The minimum atomic E-state index is -1.23. The molecule has 0 aromatic rings. The minimum Gasteiger partial charge on any atom is -0.466 e. The number of nitrogens with zero attached hydrogens (tertiary/aromatic N) is 1. The molecule has 0 bridgehead atoms. The van der Waals surface area contributed by atoms with Crippen molar-refractivity contribution < 1.29 is 19.1 Å². The molecule has 2 fully saturated rings. The number of cyclic esters (lactones) is 1. The molecule has 2 aliphatic rings. The molecule has 0 amide bonds. The molecule has 1 aliphatic carbocycles. The standard InChI is InChI=1S/C9H9NO4/c1-2-13-7(11)6-5-3-14-8(12)9(5,6)4-10/h5-6H,2-3H2,1H3/t5-,6+,9-/m1/s1. The summed E-state index contributed by atoms with van der Waals surface area (Å²) in [6, 6.07) is 1.88. The van der Waals surface area contributed by atoms with Crippen molar-refractivity contribution in [3.63, 3.8) is 0 Å². The summed E-state index contributed by atoms with van der Waals surface area (Å²) in [6.07, 6.45) is 0. The summed E-state index contributed by atoms with van der Waals surface area (Å²) in [6.45, 7) is 2.11. The van der Waals surface area contributed by atoms with E-state index in [1.807, 2.05) is 6.07 Å². The van der Waals surface area contributed by atoms with Crippen molar-refractivity contribution in [1.29, 1.82) is 5.26 Å². The SMILES string of the molecule is CCOC(=O)[C@@H]1[C@H]2COC(=O)[C@]21C#N.